The molecule has 3 N–H and O–H groups in total. The summed E-state index contributed by atoms with van der Waals surface area (Å²) < 4.78 is 17.6. The van der Waals surface area contributed by atoms with E-state index in [2.05, 4.69) is 24.5 Å². The van der Waals surface area contributed by atoms with Crippen LogP contribution < -0.4 is 35.7 Å². The molecule has 0 aromatic heterocycles. The van der Waals surface area contributed by atoms with E-state index < -0.39 is 11.3 Å². The number of aromatic hydroxyl groups is 1. The summed E-state index contributed by atoms with van der Waals surface area (Å²) in [5.74, 6) is -0.618. The number of hydrogen-bond donors (Lipinski definition) is 3. The lowest BCUT2D eigenvalue weighted by Gasteiger charge is -2.42. The van der Waals surface area contributed by atoms with Crippen molar-refractivity contribution in [3.8, 4) is 23.0 Å². The van der Waals surface area contributed by atoms with Crippen molar-refractivity contribution < 1.29 is 24.1 Å². The third-order valence-electron chi connectivity index (χ3n) is 10.1. The second kappa shape index (κ2) is 10.4. The average molecular weight is 623 g/mol. The number of allylic oxidation sites excluding steroid dienone is 1. The predicted molar refractivity (Wildman–Crippen MR) is 184 cm³/mol. The number of carbonyl (C=O) groups excluding carboxylic acids is 1. The summed E-state index contributed by atoms with van der Waals surface area (Å²) >= 11 is 0. The van der Waals surface area contributed by atoms with Gasteiger partial charge in [-0.1, -0.05) is 38.3 Å². The molecular formula is C37H38N2O7. The Hall–Kier alpha value is -4.79. The molecule has 0 spiro atoms. The molecule has 1 aliphatic carbocycles. The molecule has 0 radical (unpaired) electrons. The Morgan fingerprint density at radius 1 is 0.848 bits per heavy atom. The van der Waals surface area contributed by atoms with E-state index in [1.54, 1.807) is 0 Å². The van der Waals surface area contributed by atoms with Gasteiger partial charge in [0.05, 0.1) is 54.9 Å². The van der Waals surface area contributed by atoms with Crippen LogP contribution in [0.5, 0.6) is 23.0 Å². The average Bonchev–Trinajstić information content (AvgIpc) is 3.15. The molecule has 0 saturated heterocycles. The number of phenolic OH excluding ortho intramolecular Hbond substituents is 1. The molecule has 5 aromatic carbocycles. The SMILES string of the molecule is CCCC1(CCC)CNc2c(c3c4c5c(c(OC)c(O)c6c(=O)cc(OC)c(c7c(OC)cc(=O)c2c74)c65)C(C(C)=O)C(C)=C3)N1. The fourth-order valence-corrected chi connectivity index (χ4v) is 8.55. The van der Waals surface area contributed by atoms with Crippen molar-refractivity contribution in [2.24, 2.45) is 0 Å². The van der Waals surface area contributed by atoms with Crippen LogP contribution in [0.2, 0.25) is 0 Å². The highest BCUT2D eigenvalue weighted by Gasteiger charge is 2.40. The number of ether oxygens (including phenoxy) is 3. The van der Waals surface area contributed by atoms with Crippen LogP contribution in [0.1, 0.15) is 70.4 Å². The Balaban J connectivity index is 1.89. The van der Waals surface area contributed by atoms with Crippen molar-refractivity contribution in [2.45, 2.75) is 64.8 Å². The Morgan fingerprint density at radius 3 is 1.98 bits per heavy atom. The number of carbonyl (C=O) groups is 1. The second-order valence-corrected chi connectivity index (χ2v) is 12.8. The number of fused-ring (bicyclic) bond motifs is 4. The summed E-state index contributed by atoms with van der Waals surface area (Å²) in [4.78, 5) is 41.6. The van der Waals surface area contributed by atoms with Crippen molar-refractivity contribution in [3.05, 3.63) is 49.3 Å². The molecule has 5 aromatic rings. The van der Waals surface area contributed by atoms with Gasteiger partial charge in [-0.2, -0.15) is 0 Å². The van der Waals surface area contributed by atoms with Gasteiger partial charge in [0.25, 0.3) is 0 Å². The van der Waals surface area contributed by atoms with Gasteiger partial charge < -0.3 is 30.0 Å². The van der Waals surface area contributed by atoms with Crippen molar-refractivity contribution >= 4 is 66.3 Å². The first-order valence-corrected chi connectivity index (χ1v) is 15.8. The van der Waals surface area contributed by atoms with Crippen LogP contribution >= 0.6 is 0 Å². The molecule has 7 rings (SSSR count). The summed E-state index contributed by atoms with van der Waals surface area (Å²) in [6, 6.07) is 2.82. The number of rotatable bonds is 8. The minimum absolute atomic E-state index is 0.0568. The number of phenols is 1. The highest BCUT2D eigenvalue weighted by molar-refractivity contribution is 6.40. The number of ketones is 1. The van der Waals surface area contributed by atoms with Crippen LogP contribution in [-0.2, 0) is 4.79 Å². The molecule has 0 amide bonds. The summed E-state index contributed by atoms with van der Waals surface area (Å²) in [5.41, 5.74) is 2.55. The zero-order valence-corrected chi connectivity index (χ0v) is 27.2. The quantitative estimate of drug-likeness (QED) is 0.125. The summed E-state index contributed by atoms with van der Waals surface area (Å²) in [7, 11) is 4.41. The van der Waals surface area contributed by atoms with Crippen LogP contribution in [-0.4, -0.2) is 44.3 Å². The van der Waals surface area contributed by atoms with Gasteiger partial charge in [-0.05, 0) is 32.1 Å². The molecule has 9 nitrogen and oxygen atoms in total. The maximum absolute atomic E-state index is 14.2. The van der Waals surface area contributed by atoms with E-state index >= 15 is 0 Å². The highest BCUT2D eigenvalue weighted by Crippen LogP contribution is 2.58. The molecule has 1 unspecified atom stereocenters. The van der Waals surface area contributed by atoms with E-state index in [1.807, 2.05) is 13.0 Å². The van der Waals surface area contributed by atoms with Gasteiger partial charge in [0, 0.05) is 56.7 Å². The lowest BCUT2D eigenvalue weighted by Crippen LogP contribution is -2.48. The third kappa shape index (κ3) is 3.71. The molecule has 9 heteroatoms. The van der Waals surface area contributed by atoms with Crippen molar-refractivity contribution in [3.63, 3.8) is 0 Å². The van der Waals surface area contributed by atoms with Crippen LogP contribution in [0.4, 0.5) is 11.4 Å². The maximum Gasteiger partial charge on any atom is 0.194 e. The lowest BCUT2D eigenvalue weighted by molar-refractivity contribution is -0.117. The molecule has 238 valence electrons. The Kier molecular flexibility index (Phi) is 6.74. The molecule has 1 aliphatic heterocycles. The van der Waals surface area contributed by atoms with Crippen molar-refractivity contribution in [1.82, 2.24) is 0 Å². The van der Waals surface area contributed by atoms with Gasteiger partial charge in [-0.15, -0.1) is 0 Å². The van der Waals surface area contributed by atoms with Gasteiger partial charge in [0.15, 0.2) is 22.4 Å². The molecule has 46 heavy (non-hydrogen) atoms. The highest BCUT2D eigenvalue weighted by atomic mass is 16.5. The molecular weight excluding hydrogens is 584 g/mol. The Labute approximate surface area is 265 Å². The second-order valence-electron chi connectivity index (χ2n) is 12.8. The maximum atomic E-state index is 14.2. The number of nitrogens with one attached hydrogen (secondary N) is 2. The smallest absolute Gasteiger partial charge is 0.194 e. The summed E-state index contributed by atoms with van der Waals surface area (Å²) in [6.07, 6.45) is 5.78. The number of methoxy groups -OCH3 is 3. The van der Waals surface area contributed by atoms with Crippen molar-refractivity contribution in [2.75, 3.05) is 38.5 Å². The number of benzene rings is 5. The van der Waals surface area contributed by atoms with E-state index in [-0.39, 0.29) is 39.4 Å². The van der Waals surface area contributed by atoms with E-state index in [0.717, 1.165) is 42.5 Å². The van der Waals surface area contributed by atoms with E-state index in [1.165, 1.54) is 40.4 Å². The van der Waals surface area contributed by atoms with Gasteiger partial charge >= 0.3 is 0 Å². The monoisotopic (exact) mass is 622 g/mol. The van der Waals surface area contributed by atoms with Gasteiger partial charge in [0.2, 0.25) is 0 Å². The number of Topliss-reactive ketones (excluding diaryl/α,β-unsaturated/α-hetero) is 1. The molecule has 1 heterocycles. The first kappa shape index (κ1) is 29.9. The largest absolute Gasteiger partial charge is 0.504 e. The number of hydrogen-bond acceptors (Lipinski definition) is 9. The van der Waals surface area contributed by atoms with Crippen LogP contribution in [0.3, 0.4) is 0 Å². The van der Waals surface area contributed by atoms with E-state index in [0.29, 0.717) is 61.2 Å². The van der Waals surface area contributed by atoms with Gasteiger partial charge in [0.1, 0.15) is 17.3 Å². The Morgan fingerprint density at radius 2 is 1.43 bits per heavy atom. The van der Waals surface area contributed by atoms with Crippen molar-refractivity contribution in [1.29, 1.82) is 0 Å². The fraction of sp³-hybridized carbons (Fsp3) is 0.378. The third-order valence-corrected chi connectivity index (χ3v) is 10.1. The number of anilines is 2. The lowest BCUT2D eigenvalue weighted by atomic mass is 9.79. The predicted octanol–water partition coefficient (Wildman–Crippen LogP) is 6.89. The molecule has 0 fully saturated rings. The zero-order valence-electron chi connectivity index (χ0n) is 27.2. The first-order chi connectivity index (χ1) is 22.1. The Bertz CT molecular complexity index is 2270. The van der Waals surface area contributed by atoms with E-state index in [9.17, 15) is 19.5 Å². The molecule has 2 aliphatic rings. The van der Waals surface area contributed by atoms with Gasteiger partial charge in [-0.25, -0.2) is 0 Å². The normalized spacial score (nSPS) is 16.8. The zero-order chi connectivity index (χ0) is 32.8. The minimum atomic E-state index is -0.793. The molecule has 0 bridgehead atoms. The van der Waals surface area contributed by atoms with E-state index in [4.69, 9.17) is 14.2 Å². The summed E-state index contributed by atoms with van der Waals surface area (Å²) in [6.45, 7) is 8.39. The van der Waals surface area contributed by atoms with Crippen LogP contribution in [0.25, 0.3) is 49.2 Å². The summed E-state index contributed by atoms with van der Waals surface area (Å²) in [5, 5.41) is 23.4. The fourth-order valence-electron chi connectivity index (χ4n) is 8.55. The molecule has 0 saturated carbocycles. The van der Waals surface area contributed by atoms with Crippen LogP contribution in [0, 0.1) is 0 Å². The first-order valence-electron chi connectivity index (χ1n) is 15.8. The minimum Gasteiger partial charge on any atom is -0.504 e. The standard InChI is InChI=1S/C37H38N2O7/c1-8-10-37(11-9-2)15-38-34-25-19(41)13-21(44-5)27-28-22(45-6)14-20(42)26-31(28)30-24(29(25)27)18(33(34)39-37)12-16(3)23(17(4)40)32(30)36(46-7)35(26)43/h12-14,23,38-39,43H,8-11,15H2,1-7H3. The van der Waals surface area contributed by atoms with Crippen LogP contribution in [0.15, 0.2) is 27.3 Å². The molecule has 1 atom stereocenters. The topological polar surface area (TPSA) is 123 Å². The van der Waals surface area contributed by atoms with Gasteiger partial charge in [-0.3, -0.25) is 14.4 Å².